The molecule has 34 heavy (non-hydrogen) atoms. The summed E-state index contributed by atoms with van der Waals surface area (Å²) in [4.78, 5) is 26.7. The molecule has 4 rings (SSSR count). The van der Waals surface area contributed by atoms with Crippen LogP contribution < -0.4 is 10.6 Å². The zero-order valence-corrected chi connectivity index (χ0v) is 20.4. The Balaban J connectivity index is 1.43. The number of carbonyl (C=O) groups is 2. The van der Waals surface area contributed by atoms with Crippen molar-refractivity contribution in [1.29, 1.82) is 0 Å². The van der Waals surface area contributed by atoms with Crippen LogP contribution in [0.25, 0.3) is 10.6 Å². The van der Waals surface area contributed by atoms with Crippen LogP contribution in [0, 0.1) is 0 Å². The number of thioether (sulfide) groups is 1. The molecule has 0 spiro atoms. The van der Waals surface area contributed by atoms with E-state index in [4.69, 9.17) is 11.6 Å². The number of amides is 2. The average molecular weight is 509 g/mol. The van der Waals surface area contributed by atoms with Gasteiger partial charge in [-0.3, -0.25) is 14.9 Å². The fourth-order valence-electron chi connectivity index (χ4n) is 3.14. The van der Waals surface area contributed by atoms with Crippen molar-refractivity contribution in [2.24, 2.45) is 0 Å². The topological polar surface area (TPSA) is 84.0 Å². The van der Waals surface area contributed by atoms with Crippen LogP contribution in [0.4, 0.5) is 5.13 Å². The summed E-state index contributed by atoms with van der Waals surface area (Å²) >= 11 is 8.62. The molecule has 9 heteroatoms. The van der Waals surface area contributed by atoms with Gasteiger partial charge < -0.3 is 5.32 Å². The minimum atomic E-state index is -0.755. The number of carbonyl (C=O) groups excluding carboxylic acids is 2. The minimum Gasteiger partial charge on any atom is -0.343 e. The van der Waals surface area contributed by atoms with Crippen LogP contribution in [0.2, 0.25) is 5.02 Å². The molecular formula is C25H21ClN4O2S2. The Bertz CT molecular complexity index is 1230. The molecule has 3 aromatic carbocycles. The van der Waals surface area contributed by atoms with Crippen LogP contribution in [0.15, 0.2) is 89.8 Å². The summed E-state index contributed by atoms with van der Waals surface area (Å²) in [5, 5.41) is 15.6. The zero-order valence-electron chi connectivity index (χ0n) is 18.0. The van der Waals surface area contributed by atoms with Crippen molar-refractivity contribution in [1.82, 2.24) is 15.5 Å². The van der Waals surface area contributed by atoms with Crippen molar-refractivity contribution in [3.63, 3.8) is 0 Å². The third kappa shape index (κ3) is 6.90. The van der Waals surface area contributed by atoms with Crippen molar-refractivity contribution in [2.75, 3.05) is 11.1 Å². The Morgan fingerprint density at radius 1 is 0.912 bits per heavy atom. The molecule has 1 aromatic heterocycles. The van der Waals surface area contributed by atoms with Crippen molar-refractivity contribution >= 4 is 51.6 Å². The number of hydrogen-bond acceptors (Lipinski definition) is 6. The number of nitrogens with zero attached hydrogens (tertiary/aromatic N) is 2. The Kier molecular flexibility index (Phi) is 8.30. The lowest BCUT2D eigenvalue weighted by Crippen LogP contribution is -2.46. The number of rotatable bonds is 9. The number of aromatic nitrogens is 2. The molecule has 0 saturated heterocycles. The third-order valence-corrected chi connectivity index (χ3v) is 6.95. The number of halogens is 1. The van der Waals surface area contributed by atoms with Gasteiger partial charge in [0.25, 0.3) is 0 Å². The van der Waals surface area contributed by atoms with Crippen LogP contribution in [0.1, 0.15) is 5.56 Å². The van der Waals surface area contributed by atoms with E-state index in [0.29, 0.717) is 21.6 Å². The molecule has 172 valence electrons. The Morgan fingerprint density at radius 2 is 1.59 bits per heavy atom. The molecule has 0 aliphatic heterocycles. The zero-order chi connectivity index (χ0) is 23.8. The summed E-state index contributed by atoms with van der Waals surface area (Å²) in [5.74, 6) is -0.355. The van der Waals surface area contributed by atoms with Gasteiger partial charge in [-0.05, 0) is 29.8 Å². The lowest BCUT2D eigenvalue weighted by Gasteiger charge is -2.18. The highest BCUT2D eigenvalue weighted by Gasteiger charge is 2.23. The van der Waals surface area contributed by atoms with Gasteiger partial charge in [0.05, 0.1) is 5.75 Å². The van der Waals surface area contributed by atoms with E-state index in [9.17, 15) is 9.59 Å². The smallest absolute Gasteiger partial charge is 0.249 e. The summed E-state index contributed by atoms with van der Waals surface area (Å²) in [5.41, 5.74) is 1.80. The van der Waals surface area contributed by atoms with Crippen molar-refractivity contribution in [3.8, 4) is 10.6 Å². The highest BCUT2D eigenvalue weighted by atomic mass is 35.5. The lowest BCUT2D eigenvalue weighted by atomic mass is 10.1. The molecule has 4 aromatic rings. The standard InChI is InChI=1S/C25H21ClN4O2S2/c26-19-13-11-18(12-14-19)24-29-30-25(34-24)28-23(32)21(15-17-7-3-1-4-8-17)27-22(31)16-33-20-9-5-2-6-10-20/h1-14,21H,15-16H2,(H,27,31)(H,28,30,32)/t21-/m1/s1. The van der Waals surface area contributed by atoms with Gasteiger partial charge in [0.15, 0.2) is 0 Å². The summed E-state index contributed by atoms with van der Waals surface area (Å²) in [6.45, 7) is 0. The van der Waals surface area contributed by atoms with Crippen LogP contribution in [-0.2, 0) is 16.0 Å². The number of benzene rings is 3. The maximum atomic E-state index is 13.1. The largest absolute Gasteiger partial charge is 0.343 e. The first-order valence-corrected chi connectivity index (χ1v) is 12.7. The average Bonchev–Trinajstić information content (AvgIpc) is 3.32. The fourth-order valence-corrected chi connectivity index (χ4v) is 4.74. The van der Waals surface area contributed by atoms with Gasteiger partial charge >= 0.3 is 0 Å². The third-order valence-electron chi connectivity index (χ3n) is 4.79. The molecule has 0 radical (unpaired) electrons. The summed E-state index contributed by atoms with van der Waals surface area (Å²) < 4.78 is 0. The van der Waals surface area contributed by atoms with Gasteiger partial charge in [-0.15, -0.1) is 22.0 Å². The first kappa shape index (κ1) is 23.9. The van der Waals surface area contributed by atoms with E-state index in [0.717, 1.165) is 16.0 Å². The molecule has 2 N–H and O–H groups in total. The summed E-state index contributed by atoms with van der Waals surface area (Å²) in [6.07, 6.45) is 0.358. The lowest BCUT2D eigenvalue weighted by molar-refractivity contribution is -0.124. The predicted octanol–water partition coefficient (Wildman–Crippen LogP) is 5.32. The number of hydrogen-bond donors (Lipinski definition) is 2. The quantitative estimate of drug-likeness (QED) is 0.299. The SMILES string of the molecule is O=C(CSc1ccccc1)N[C@H](Cc1ccccc1)C(=O)Nc1nnc(-c2ccc(Cl)cc2)s1. The van der Waals surface area contributed by atoms with E-state index in [1.807, 2.05) is 72.8 Å². The molecule has 0 saturated carbocycles. The number of nitrogens with one attached hydrogen (secondary N) is 2. The second-order valence-corrected chi connectivity index (χ2v) is 9.78. The molecule has 2 amide bonds. The molecule has 0 fully saturated rings. The second kappa shape index (κ2) is 11.8. The molecular weight excluding hydrogens is 488 g/mol. The molecule has 0 bridgehead atoms. The van der Waals surface area contributed by atoms with E-state index in [1.165, 1.54) is 23.1 Å². The predicted molar refractivity (Wildman–Crippen MR) is 138 cm³/mol. The van der Waals surface area contributed by atoms with Gasteiger partial charge in [-0.1, -0.05) is 83.6 Å². The van der Waals surface area contributed by atoms with Gasteiger partial charge in [0.2, 0.25) is 16.9 Å². The summed E-state index contributed by atoms with van der Waals surface area (Å²) in [6, 6.07) is 25.7. The van der Waals surface area contributed by atoms with E-state index in [1.54, 1.807) is 12.1 Å². The monoisotopic (exact) mass is 508 g/mol. The van der Waals surface area contributed by atoms with Crippen LogP contribution >= 0.6 is 34.7 Å². The molecule has 0 unspecified atom stereocenters. The van der Waals surface area contributed by atoms with Gasteiger partial charge in [0, 0.05) is 21.9 Å². The first-order valence-electron chi connectivity index (χ1n) is 10.5. The van der Waals surface area contributed by atoms with Gasteiger partial charge in [-0.25, -0.2) is 0 Å². The highest BCUT2D eigenvalue weighted by Crippen LogP contribution is 2.27. The maximum absolute atomic E-state index is 13.1. The molecule has 1 atom stereocenters. The normalized spacial score (nSPS) is 11.6. The minimum absolute atomic E-state index is 0.210. The van der Waals surface area contributed by atoms with Gasteiger partial charge in [-0.2, -0.15) is 0 Å². The van der Waals surface area contributed by atoms with E-state index in [2.05, 4.69) is 20.8 Å². The Morgan fingerprint density at radius 3 is 2.29 bits per heavy atom. The summed E-state index contributed by atoms with van der Waals surface area (Å²) in [7, 11) is 0. The molecule has 0 aliphatic carbocycles. The van der Waals surface area contributed by atoms with Gasteiger partial charge in [0.1, 0.15) is 11.0 Å². The van der Waals surface area contributed by atoms with E-state index < -0.39 is 6.04 Å². The number of anilines is 1. The second-order valence-electron chi connectivity index (χ2n) is 7.32. The highest BCUT2D eigenvalue weighted by molar-refractivity contribution is 8.00. The Labute approximate surface area is 210 Å². The molecule has 6 nitrogen and oxygen atoms in total. The van der Waals surface area contributed by atoms with Crippen LogP contribution in [-0.4, -0.2) is 33.8 Å². The van der Waals surface area contributed by atoms with E-state index >= 15 is 0 Å². The molecule has 1 heterocycles. The first-order chi connectivity index (χ1) is 16.6. The Hall–Kier alpha value is -3.20. The fraction of sp³-hybridized carbons (Fsp3) is 0.120. The van der Waals surface area contributed by atoms with Crippen molar-refractivity contribution in [2.45, 2.75) is 17.4 Å². The van der Waals surface area contributed by atoms with E-state index in [-0.39, 0.29) is 17.6 Å². The molecule has 0 aliphatic rings. The maximum Gasteiger partial charge on any atom is 0.249 e. The van der Waals surface area contributed by atoms with Crippen molar-refractivity contribution < 1.29 is 9.59 Å². The van der Waals surface area contributed by atoms with Crippen molar-refractivity contribution in [3.05, 3.63) is 95.5 Å². The van der Waals surface area contributed by atoms with Crippen LogP contribution in [0.5, 0.6) is 0 Å². The van der Waals surface area contributed by atoms with Crippen LogP contribution in [0.3, 0.4) is 0 Å².